The average Bonchev–Trinajstić information content (AvgIpc) is 2.64. The smallest absolute Gasteiger partial charge is 0.0819 e. The highest BCUT2D eigenvalue weighted by atomic mass is 16.5. The van der Waals surface area contributed by atoms with Gasteiger partial charge in [-0.3, -0.25) is 0 Å². The molecule has 0 saturated carbocycles. The Morgan fingerprint density at radius 2 is 0.769 bits per heavy atom. The Morgan fingerprint density at radius 1 is 0.500 bits per heavy atom. The monoisotopic (exact) mass is 363 g/mol. The van der Waals surface area contributed by atoms with Crippen molar-refractivity contribution in [2.24, 2.45) is 0 Å². The molecule has 0 aromatic carbocycles. The van der Waals surface area contributed by atoms with Gasteiger partial charge in [0.15, 0.2) is 0 Å². The number of rotatable bonds is 18. The quantitative estimate of drug-likeness (QED) is 0.106. The molecule has 0 amide bonds. The summed E-state index contributed by atoms with van der Waals surface area (Å²) in [6.45, 7) is 8.80. The van der Waals surface area contributed by atoms with Crippen LogP contribution in [0, 0.1) is 5.21 Å². The van der Waals surface area contributed by atoms with Crippen LogP contribution in [0.25, 0.3) is 0 Å². The highest BCUT2D eigenvalue weighted by Gasteiger charge is 2.13. The van der Waals surface area contributed by atoms with Crippen molar-refractivity contribution < 1.29 is 4.65 Å². The van der Waals surface area contributed by atoms with E-state index in [0.29, 0.717) is 19.6 Å². The van der Waals surface area contributed by atoms with Gasteiger partial charge in [-0.25, -0.2) is 0 Å². The lowest BCUT2D eigenvalue weighted by Gasteiger charge is -2.42. The highest BCUT2D eigenvalue weighted by Crippen LogP contribution is 2.12. The van der Waals surface area contributed by atoms with Crippen molar-refractivity contribution in [3.63, 3.8) is 0 Å². The summed E-state index contributed by atoms with van der Waals surface area (Å²) in [7, 11) is 0. The Kier molecular flexibility index (Phi) is 18.3. The van der Waals surface area contributed by atoms with Crippen molar-refractivity contribution in [1.82, 2.24) is 0 Å². The van der Waals surface area contributed by atoms with Gasteiger partial charge < -0.3 is 9.85 Å². The molecule has 0 saturated heterocycles. The van der Waals surface area contributed by atoms with Gasteiger partial charge in [0.05, 0.1) is 19.6 Å². The van der Waals surface area contributed by atoms with Crippen LogP contribution in [0.3, 0.4) is 0 Å². The van der Waals surface area contributed by atoms with E-state index in [1.54, 1.807) is 0 Å². The third kappa shape index (κ3) is 16.6. The molecule has 0 aromatic heterocycles. The molecule has 0 radical (unpaired) electrons. The summed E-state index contributed by atoms with van der Waals surface area (Å²) >= 11 is 0. The molecule has 0 spiro atoms. The Morgan fingerprint density at radius 3 is 1.04 bits per heavy atom. The van der Waals surface area contributed by atoms with Gasteiger partial charge in [-0.15, -0.1) is 0 Å². The van der Waals surface area contributed by atoms with Crippen LogP contribution in [0.1, 0.15) is 97.8 Å². The van der Waals surface area contributed by atoms with E-state index in [0.717, 1.165) is 38.5 Å². The first-order valence-electron chi connectivity index (χ1n) is 11.2. The molecule has 2 heteroatoms. The van der Waals surface area contributed by atoms with Gasteiger partial charge in [-0.2, -0.15) is 0 Å². The maximum Gasteiger partial charge on any atom is 0.0819 e. The van der Waals surface area contributed by atoms with Gasteiger partial charge >= 0.3 is 0 Å². The van der Waals surface area contributed by atoms with Gasteiger partial charge in [-0.1, -0.05) is 95.8 Å². The SMILES string of the molecule is CCCC/C=C/CC[N+]([O-])(CC/C=C/CCCC)CC/C=C/CCCC. The number of quaternary nitrogens is 1. The minimum absolute atomic E-state index is 0.0473. The van der Waals surface area contributed by atoms with E-state index in [9.17, 15) is 5.21 Å². The van der Waals surface area contributed by atoms with Crippen molar-refractivity contribution in [3.05, 3.63) is 41.7 Å². The molecule has 0 aliphatic carbocycles. The number of allylic oxidation sites excluding steroid dienone is 3. The summed E-state index contributed by atoms with van der Waals surface area (Å²) in [5.74, 6) is 0. The van der Waals surface area contributed by atoms with Crippen LogP contribution in [0.2, 0.25) is 0 Å². The largest absolute Gasteiger partial charge is 0.633 e. The van der Waals surface area contributed by atoms with Crippen LogP contribution in [-0.2, 0) is 0 Å². The first-order chi connectivity index (χ1) is 12.7. The van der Waals surface area contributed by atoms with Gasteiger partial charge in [0.1, 0.15) is 0 Å². The summed E-state index contributed by atoms with van der Waals surface area (Å²) in [5.41, 5.74) is 0. The van der Waals surface area contributed by atoms with Crippen LogP contribution >= 0.6 is 0 Å². The highest BCUT2D eigenvalue weighted by molar-refractivity contribution is 4.84. The van der Waals surface area contributed by atoms with Crippen LogP contribution in [0.15, 0.2) is 36.5 Å². The zero-order valence-corrected chi connectivity index (χ0v) is 17.9. The number of unbranched alkanes of at least 4 members (excludes halogenated alkanes) is 6. The summed E-state index contributed by atoms with van der Waals surface area (Å²) in [6, 6.07) is 0. The lowest BCUT2D eigenvalue weighted by molar-refractivity contribution is -0.879. The van der Waals surface area contributed by atoms with Gasteiger partial charge in [0.2, 0.25) is 0 Å². The maximum atomic E-state index is 13.2. The molecule has 0 rings (SSSR count). The minimum Gasteiger partial charge on any atom is -0.633 e. The van der Waals surface area contributed by atoms with Crippen LogP contribution in [0.5, 0.6) is 0 Å². The van der Waals surface area contributed by atoms with Crippen LogP contribution in [0.4, 0.5) is 0 Å². The number of hydrogen-bond donors (Lipinski definition) is 0. The second kappa shape index (κ2) is 18.9. The molecular formula is C24H45NO. The first kappa shape index (κ1) is 25.1. The summed E-state index contributed by atoms with van der Waals surface area (Å²) in [5, 5.41) is 13.2. The fourth-order valence-electron chi connectivity index (χ4n) is 2.94. The second-order valence-electron chi connectivity index (χ2n) is 7.44. The van der Waals surface area contributed by atoms with E-state index in [-0.39, 0.29) is 4.65 Å². The molecular weight excluding hydrogens is 318 g/mol. The topological polar surface area (TPSA) is 23.1 Å². The summed E-state index contributed by atoms with van der Waals surface area (Å²) in [6.07, 6.45) is 27.0. The molecule has 152 valence electrons. The minimum atomic E-state index is -0.0473. The molecule has 0 bridgehead atoms. The van der Waals surface area contributed by atoms with E-state index in [1.165, 1.54) is 38.5 Å². The average molecular weight is 364 g/mol. The molecule has 0 unspecified atom stereocenters. The number of hydroxylamine groups is 3. The van der Waals surface area contributed by atoms with Crippen molar-refractivity contribution in [2.75, 3.05) is 19.6 Å². The Bertz CT molecular complexity index is 315. The van der Waals surface area contributed by atoms with Crippen LogP contribution in [-0.4, -0.2) is 24.3 Å². The number of nitrogens with zero attached hydrogens (tertiary/aromatic N) is 1. The predicted molar refractivity (Wildman–Crippen MR) is 118 cm³/mol. The number of hydrogen-bond acceptors (Lipinski definition) is 1. The van der Waals surface area contributed by atoms with E-state index in [1.807, 2.05) is 0 Å². The molecule has 0 aliphatic rings. The van der Waals surface area contributed by atoms with E-state index in [2.05, 4.69) is 57.2 Å². The molecule has 2 nitrogen and oxygen atoms in total. The molecule has 0 aliphatic heterocycles. The summed E-state index contributed by atoms with van der Waals surface area (Å²) in [4.78, 5) is 0. The Hall–Kier alpha value is -0.860. The van der Waals surface area contributed by atoms with Gasteiger partial charge in [-0.05, 0) is 19.3 Å². The third-order valence-corrected chi connectivity index (χ3v) is 4.78. The molecule has 0 heterocycles. The zero-order valence-electron chi connectivity index (χ0n) is 17.9. The molecule has 0 aromatic rings. The van der Waals surface area contributed by atoms with E-state index in [4.69, 9.17) is 0 Å². The zero-order chi connectivity index (χ0) is 19.3. The molecule has 0 N–H and O–H groups in total. The van der Waals surface area contributed by atoms with Crippen molar-refractivity contribution in [1.29, 1.82) is 0 Å². The summed E-state index contributed by atoms with van der Waals surface area (Å²) < 4.78 is -0.0473. The molecule has 0 fully saturated rings. The van der Waals surface area contributed by atoms with Crippen molar-refractivity contribution in [3.8, 4) is 0 Å². The van der Waals surface area contributed by atoms with Gasteiger partial charge in [0, 0.05) is 19.3 Å². The molecule has 0 atom stereocenters. The standard InChI is InChI=1S/C24H45NO/c1-4-7-10-13-16-19-22-25(26,23-20-17-14-11-8-5-2)24-21-18-15-12-9-6-3/h13-18H,4-12,19-24H2,1-3H3/b16-13+,17-14+,18-15+. The first-order valence-corrected chi connectivity index (χ1v) is 11.2. The normalized spacial score (nSPS) is 12.9. The lowest BCUT2D eigenvalue weighted by Crippen LogP contribution is -2.44. The maximum absolute atomic E-state index is 13.2. The third-order valence-electron chi connectivity index (χ3n) is 4.78. The predicted octanol–water partition coefficient (Wildman–Crippen LogP) is 7.71. The fourth-order valence-corrected chi connectivity index (χ4v) is 2.94. The van der Waals surface area contributed by atoms with E-state index >= 15 is 0 Å². The lowest BCUT2D eigenvalue weighted by atomic mass is 10.2. The second-order valence-corrected chi connectivity index (χ2v) is 7.44. The van der Waals surface area contributed by atoms with E-state index < -0.39 is 0 Å². The molecule has 26 heavy (non-hydrogen) atoms. The van der Waals surface area contributed by atoms with Gasteiger partial charge in [0.25, 0.3) is 0 Å². The Labute approximate surface area is 164 Å². The fraction of sp³-hybridized carbons (Fsp3) is 0.750. The van der Waals surface area contributed by atoms with Crippen molar-refractivity contribution in [2.45, 2.75) is 97.8 Å². The van der Waals surface area contributed by atoms with Crippen LogP contribution < -0.4 is 0 Å². The van der Waals surface area contributed by atoms with Crippen molar-refractivity contribution >= 4 is 0 Å². The Balaban J connectivity index is 4.32.